The number of benzene rings is 3. The first-order valence-electron chi connectivity index (χ1n) is 16.2. The monoisotopic (exact) mass is 639 g/mol. The summed E-state index contributed by atoms with van der Waals surface area (Å²) in [6.45, 7) is 11.1. The number of amides is 2. The van der Waals surface area contributed by atoms with Crippen LogP contribution in [0.15, 0.2) is 66.9 Å². The molecule has 3 aromatic carbocycles. The Balaban J connectivity index is 1.24. The van der Waals surface area contributed by atoms with Crippen LogP contribution in [0.2, 0.25) is 0 Å². The number of ether oxygens (including phenoxy) is 2. The average molecular weight is 640 g/mol. The highest BCUT2D eigenvalue weighted by Gasteiger charge is 2.31. The smallest absolute Gasteiger partial charge is 0.408 e. The van der Waals surface area contributed by atoms with Crippen molar-refractivity contribution in [3.8, 4) is 22.4 Å². The number of fused-ring (bicyclic) bond motifs is 1. The number of imidazole rings is 1. The fourth-order valence-electron chi connectivity index (χ4n) is 5.90. The SMILES string of the molecule is COC(=O)NC(CN1CCCC1c1ncc(-c2ccc3cc(-c4ccc(C(=O)CNC(=O)OC(C)(C)C)cc4)ccc3c2)[nH]1)C(C)C. The minimum atomic E-state index is -0.623. The van der Waals surface area contributed by atoms with Crippen LogP contribution in [0.3, 0.4) is 0 Å². The number of methoxy groups -OCH3 is 1. The Hall–Kier alpha value is -4.70. The summed E-state index contributed by atoms with van der Waals surface area (Å²) in [5.41, 5.74) is 3.96. The lowest BCUT2D eigenvalue weighted by Crippen LogP contribution is -2.46. The van der Waals surface area contributed by atoms with Gasteiger partial charge in [0.25, 0.3) is 0 Å². The van der Waals surface area contributed by atoms with Gasteiger partial charge in [-0.1, -0.05) is 62.4 Å². The van der Waals surface area contributed by atoms with E-state index in [-0.39, 0.29) is 30.3 Å². The Bertz CT molecular complexity index is 1720. The molecule has 0 spiro atoms. The van der Waals surface area contributed by atoms with Crippen LogP contribution in [0, 0.1) is 5.92 Å². The van der Waals surface area contributed by atoms with Crippen molar-refractivity contribution in [3.05, 3.63) is 78.2 Å². The maximum atomic E-state index is 12.6. The van der Waals surface area contributed by atoms with E-state index in [4.69, 9.17) is 14.5 Å². The van der Waals surface area contributed by atoms with Crippen molar-refractivity contribution < 1.29 is 23.9 Å². The Kier molecular flexibility index (Phi) is 10.3. The van der Waals surface area contributed by atoms with Crippen LogP contribution >= 0.6 is 0 Å². The predicted molar refractivity (Wildman–Crippen MR) is 183 cm³/mol. The third-order valence-corrected chi connectivity index (χ3v) is 8.48. The second-order valence-corrected chi connectivity index (χ2v) is 13.5. The number of H-pyrrole nitrogens is 1. The zero-order valence-electron chi connectivity index (χ0n) is 28.1. The van der Waals surface area contributed by atoms with Gasteiger partial charge in [0.1, 0.15) is 11.4 Å². The minimum absolute atomic E-state index is 0.0172. The summed E-state index contributed by atoms with van der Waals surface area (Å²) in [7, 11) is 1.39. The number of hydrogen-bond donors (Lipinski definition) is 3. The van der Waals surface area contributed by atoms with Crippen molar-refractivity contribution in [2.24, 2.45) is 5.92 Å². The molecule has 2 unspecified atom stereocenters. The molecule has 1 fully saturated rings. The molecule has 2 heterocycles. The Morgan fingerprint density at radius 2 is 1.62 bits per heavy atom. The number of carbonyl (C=O) groups excluding carboxylic acids is 3. The topological polar surface area (TPSA) is 126 Å². The molecular weight excluding hydrogens is 594 g/mol. The van der Waals surface area contributed by atoms with Crippen LogP contribution in [-0.2, 0) is 9.47 Å². The largest absolute Gasteiger partial charge is 0.453 e. The van der Waals surface area contributed by atoms with Gasteiger partial charge in [0.05, 0.1) is 31.6 Å². The molecule has 0 aliphatic carbocycles. The summed E-state index contributed by atoms with van der Waals surface area (Å²) in [5, 5.41) is 7.72. The maximum Gasteiger partial charge on any atom is 0.408 e. The number of carbonyl (C=O) groups is 3. The lowest BCUT2D eigenvalue weighted by Gasteiger charge is -2.30. The van der Waals surface area contributed by atoms with Gasteiger partial charge < -0.3 is 25.1 Å². The Morgan fingerprint density at radius 3 is 2.28 bits per heavy atom. The number of nitrogens with zero attached hydrogens (tertiary/aromatic N) is 2. The number of ketones is 1. The zero-order chi connectivity index (χ0) is 33.7. The number of hydrogen-bond acceptors (Lipinski definition) is 7. The molecule has 0 saturated carbocycles. The van der Waals surface area contributed by atoms with Gasteiger partial charge in [-0.05, 0) is 80.1 Å². The molecule has 10 nitrogen and oxygen atoms in total. The van der Waals surface area contributed by atoms with Crippen molar-refractivity contribution in [2.45, 2.75) is 65.1 Å². The van der Waals surface area contributed by atoms with E-state index in [1.165, 1.54) is 7.11 Å². The summed E-state index contributed by atoms with van der Waals surface area (Å²) in [5.74, 6) is 1.02. The normalized spacial score (nSPS) is 15.9. The molecule has 2 amide bonds. The van der Waals surface area contributed by atoms with E-state index in [9.17, 15) is 14.4 Å². The van der Waals surface area contributed by atoms with Gasteiger partial charge in [0, 0.05) is 23.7 Å². The number of Topliss-reactive ketones (excluding diaryl/α,β-unsaturated/α-hetero) is 1. The maximum absolute atomic E-state index is 12.6. The summed E-state index contributed by atoms with van der Waals surface area (Å²) in [6, 6.07) is 20.2. The second kappa shape index (κ2) is 14.4. The van der Waals surface area contributed by atoms with Gasteiger partial charge >= 0.3 is 12.2 Å². The van der Waals surface area contributed by atoms with Crippen molar-refractivity contribution in [1.82, 2.24) is 25.5 Å². The standard InChI is InChI=1S/C37H45N5O5/c1-23(2)31(41-36(45)46-6)22-42-17-7-8-32(42)34-38-20-30(40-34)29-16-15-27-18-26(13-14-28(27)19-29)24-9-11-25(12-10-24)33(43)21-39-35(44)47-37(3,4)5/h9-16,18-20,23,31-32H,7-8,17,21-22H2,1-6H3,(H,38,40)(H,39,44)(H,41,45). The average Bonchev–Trinajstić information content (AvgIpc) is 3.72. The highest BCUT2D eigenvalue weighted by Crippen LogP contribution is 2.33. The molecule has 5 rings (SSSR count). The van der Waals surface area contributed by atoms with E-state index in [1.807, 2.05) is 18.3 Å². The van der Waals surface area contributed by atoms with Crippen molar-refractivity contribution in [1.29, 1.82) is 0 Å². The summed E-state index contributed by atoms with van der Waals surface area (Å²) < 4.78 is 10.0. The lowest BCUT2D eigenvalue weighted by atomic mass is 9.98. The molecule has 2 atom stereocenters. The molecule has 10 heteroatoms. The number of likely N-dealkylation sites (tertiary alicyclic amines) is 1. The number of rotatable bonds is 10. The lowest BCUT2D eigenvalue weighted by molar-refractivity contribution is 0.0520. The number of aromatic amines is 1. The minimum Gasteiger partial charge on any atom is -0.453 e. The van der Waals surface area contributed by atoms with Crippen LogP contribution in [0.5, 0.6) is 0 Å². The van der Waals surface area contributed by atoms with Crippen LogP contribution in [0.4, 0.5) is 9.59 Å². The molecule has 3 N–H and O–H groups in total. The summed E-state index contributed by atoms with van der Waals surface area (Å²) in [6.07, 6.45) is 2.97. The highest BCUT2D eigenvalue weighted by atomic mass is 16.6. The Labute approximate surface area is 276 Å². The van der Waals surface area contributed by atoms with Gasteiger partial charge in [-0.3, -0.25) is 9.69 Å². The van der Waals surface area contributed by atoms with E-state index in [2.05, 4.69) is 70.8 Å². The Morgan fingerprint density at radius 1 is 0.957 bits per heavy atom. The molecule has 1 aromatic heterocycles. The molecule has 47 heavy (non-hydrogen) atoms. The number of alkyl carbamates (subject to hydrolysis) is 2. The molecule has 4 aromatic rings. The molecule has 0 radical (unpaired) electrons. The number of aromatic nitrogens is 2. The zero-order valence-corrected chi connectivity index (χ0v) is 28.1. The summed E-state index contributed by atoms with van der Waals surface area (Å²) in [4.78, 5) is 47.1. The van der Waals surface area contributed by atoms with Crippen LogP contribution in [-0.4, -0.2) is 71.2 Å². The van der Waals surface area contributed by atoms with Crippen molar-refractivity contribution in [3.63, 3.8) is 0 Å². The van der Waals surface area contributed by atoms with E-state index in [0.29, 0.717) is 5.56 Å². The molecular formula is C37H45N5O5. The van der Waals surface area contributed by atoms with Crippen molar-refractivity contribution in [2.75, 3.05) is 26.7 Å². The van der Waals surface area contributed by atoms with Gasteiger partial charge in [0.2, 0.25) is 0 Å². The van der Waals surface area contributed by atoms with E-state index >= 15 is 0 Å². The van der Waals surface area contributed by atoms with E-state index in [0.717, 1.165) is 64.9 Å². The van der Waals surface area contributed by atoms with Gasteiger partial charge in [-0.25, -0.2) is 14.6 Å². The quantitative estimate of drug-likeness (QED) is 0.158. The summed E-state index contributed by atoms with van der Waals surface area (Å²) >= 11 is 0. The highest BCUT2D eigenvalue weighted by molar-refractivity contribution is 5.99. The van der Waals surface area contributed by atoms with Crippen LogP contribution in [0.1, 0.15) is 69.7 Å². The second-order valence-electron chi connectivity index (χ2n) is 13.5. The first-order chi connectivity index (χ1) is 22.4. The number of nitrogens with one attached hydrogen (secondary N) is 3. The fourth-order valence-corrected chi connectivity index (χ4v) is 5.90. The third-order valence-electron chi connectivity index (χ3n) is 8.48. The van der Waals surface area contributed by atoms with E-state index < -0.39 is 17.8 Å². The predicted octanol–water partition coefficient (Wildman–Crippen LogP) is 7.12. The van der Waals surface area contributed by atoms with Crippen LogP contribution < -0.4 is 10.6 Å². The van der Waals surface area contributed by atoms with Gasteiger partial charge in [0.15, 0.2) is 5.78 Å². The van der Waals surface area contributed by atoms with Gasteiger partial charge in [-0.2, -0.15) is 0 Å². The van der Waals surface area contributed by atoms with Gasteiger partial charge in [-0.15, -0.1) is 0 Å². The molecule has 0 bridgehead atoms. The first-order valence-corrected chi connectivity index (χ1v) is 16.2. The van der Waals surface area contributed by atoms with E-state index in [1.54, 1.807) is 32.9 Å². The molecule has 1 aliphatic heterocycles. The first kappa shape index (κ1) is 33.7. The molecule has 248 valence electrons. The third kappa shape index (κ3) is 8.56. The fraction of sp³-hybridized carbons (Fsp3) is 0.405. The molecule has 1 aliphatic rings. The van der Waals surface area contributed by atoms with Crippen LogP contribution in [0.25, 0.3) is 33.2 Å². The molecule has 1 saturated heterocycles. The van der Waals surface area contributed by atoms with Crippen molar-refractivity contribution >= 4 is 28.7 Å².